The number of rotatable bonds is 7. The van der Waals surface area contributed by atoms with E-state index in [2.05, 4.69) is 38.2 Å². The molecule has 0 heterocycles. The summed E-state index contributed by atoms with van der Waals surface area (Å²) in [6.07, 6.45) is 2.53. The molecule has 0 bridgehead atoms. The van der Waals surface area contributed by atoms with Crippen molar-refractivity contribution >= 4 is 23.4 Å². The van der Waals surface area contributed by atoms with Gasteiger partial charge < -0.3 is 10.1 Å². The highest BCUT2D eigenvalue weighted by Crippen LogP contribution is 2.28. The van der Waals surface area contributed by atoms with Crippen molar-refractivity contribution in [2.75, 3.05) is 11.6 Å². The van der Waals surface area contributed by atoms with Gasteiger partial charge in [0.15, 0.2) is 6.10 Å². The Labute approximate surface area is 155 Å². The summed E-state index contributed by atoms with van der Waals surface area (Å²) in [7, 11) is 0. The van der Waals surface area contributed by atoms with Crippen LogP contribution in [0.4, 0.5) is 5.69 Å². The lowest BCUT2D eigenvalue weighted by molar-refractivity contribution is -0.122. The Kier molecular flexibility index (Phi) is 6.54. The highest BCUT2D eigenvalue weighted by atomic mass is 32.2. The summed E-state index contributed by atoms with van der Waals surface area (Å²) < 4.78 is 5.78. The van der Waals surface area contributed by atoms with Crippen LogP contribution in [0.3, 0.4) is 0 Å². The van der Waals surface area contributed by atoms with Gasteiger partial charge in [-0.15, -0.1) is 11.8 Å². The van der Waals surface area contributed by atoms with Crippen LogP contribution >= 0.6 is 11.8 Å². The van der Waals surface area contributed by atoms with E-state index < -0.39 is 6.10 Å². The third-order valence-electron chi connectivity index (χ3n) is 4.56. The summed E-state index contributed by atoms with van der Waals surface area (Å²) >= 11 is 1.67. The van der Waals surface area contributed by atoms with E-state index in [0.717, 1.165) is 17.0 Å². The molecule has 134 valence electrons. The largest absolute Gasteiger partial charge is 0.481 e. The van der Waals surface area contributed by atoms with Gasteiger partial charge in [0, 0.05) is 10.6 Å². The molecule has 1 N–H and O–H groups in total. The third-order valence-corrected chi connectivity index (χ3v) is 5.30. The van der Waals surface area contributed by atoms with E-state index in [0.29, 0.717) is 5.75 Å². The number of nitrogens with one attached hydrogen (secondary N) is 1. The van der Waals surface area contributed by atoms with Gasteiger partial charge in [0.05, 0.1) is 0 Å². The van der Waals surface area contributed by atoms with Crippen molar-refractivity contribution in [3.8, 4) is 5.75 Å². The summed E-state index contributed by atoms with van der Waals surface area (Å²) in [5, 5.41) is 2.88. The second-order valence-electron chi connectivity index (χ2n) is 6.74. The van der Waals surface area contributed by atoms with Crippen molar-refractivity contribution < 1.29 is 9.53 Å². The average molecular weight is 358 g/mol. The lowest BCUT2D eigenvalue weighted by Gasteiger charge is -2.23. The van der Waals surface area contributed by atoms with Crippen LogP contribution in [0.15, 0.2) is 53.4 Å². The van der Waals surface area contributed by atoms with E-state index in [4.69, 9.17) is 4.74 Å². The molecule has 0 saturated heterocycles. The van der Waals surface area contributed by atoms with Crippen LogP contribution < -0.4 is 10.1 Å². The summed E-state index contributed by atoms with van der Waals surface area (Å²) in [4.78, 5) is 13.5. The van der Waals surface area contributed by atoms with E-state index >= 15 is 0 Å². The molecule has 1 amide bonds. The maximum atomic E-state index is 12.3. The minimum atomic E-state index is -0.565. The number of amides is 1. The predicted octanol–water partition coefficient (Wildman–Crippen LogP) is 5.50. The Morgan fingerprint density at radius 2 is 1.72 bits per heavy atom. The third kappa shape index (κ3) is 5.27. The van der Waals surface area contributed by atoms with Gasteiger partial charge in [-0.05, 0) is 67.0 Å². The predicted molar refractivity (Wildman–Crippen MR) is 107 cm³/mol. The molecular weight excluding hydrogens is 330 g/mol. The minimum Gasteiger partial charge on any atom is -0.481 e. The van der Waals surface area contributed by atoms with Crippen molar-refractivity contribution in [1.29, 1.82) is 0 Å². The fourth-order valence-electron chi connectivity index (χ4n) is 2.36. The lowest BCUT2D eigenvalue weighted by atomic mass is 9.82. The molecule has 3 nitrogen and oxygen atoms in total. The molecule has 0 radical (unpaired) electrons. The number of carbonyl (C=O) groups excluding carboxylic acids is 1. The Morgan fingerprint density at radius 1 is 1.12 bits per heavy atom. The fraction of sp³-hybridized carbons (Fsp3) is 0.381. The molecule has 0 aliphatic heterocycles. The van der Waals surface area contributed by atoms with Gasteiger partial charge in [-0.25, -0.2) is 0 Å². The van der Waals surface area contributed by atoms with E-state index in [1.807, 2.05) is 42.7 Å². The molecule has 0 aliphatic rings. The Hall–Kier alpha value is -1.94. The number of ether oxygens (including phenoxy) is 1. The Morgan fingerprint density at radius 3 is 2.24 bits per heavy atom. The quantitative estimate of drug-likeness (QED) is 0.665. The van der Waals surface area contributed by atoms with Gasteiger partial charge in [0.2, 0.25) is 0 Å². The summed E-state index contributed by atoms with van der Waals surface area (Å²) in [5.41, 5.74) is 2.19. The van der Waals surface area contributed by atoms with E-state index in [9.17, 15) is 4.79 Å². The van der Waals surface area contributed by atoms with Gasteiger partial charge in [0.25, 0.3) is 5.91 Å². The molecule has 25 heavy (non-hydrogen) atoms. The van der Waals surface area contributed by atoms with Gasteiger partial charge in [-0.3, -0.25) is 4.79 Å². The number of hydrogen-bond acceptors (Lipinski definition) is 3. The number of anilines is 1. The van der Waals surface area contributed by atoms with Crippen molar-refractivity contribution in [3.63, 3.8) is 0 Å². The normalized spacial score (nSPS) is 12.5. The highest BCUT2D eigenvalue weighted by molar-refractivity contribution is 7.98. The molecule has 2 aromatic carbocycles. The zero-order chi connectivity index (χ0) is 18.4. The van der Waals surface area contributed by atoms with Crippen LogP contribution in [-0.2, 0) is 10.2 Å². The molecule has 0 saturated carbocycles. The molecule has 0 aromatic heterocycles. The van der Waals surface area contributed by atoms with Crippen molar-refractivity contribution in [2.45, 2.75) is 50.5 Å². The van der Waals surface area contributed by atoms with E-state index in [1.165, 1.54) is 5.56 Å². The van der Waals surface area contributed by atoms with Crippen molar-refractivity contribution in [3.05, 3.63) is 54.1 Å². The van der Waals surface area contributed by atoms with Crippen LogP contribution in [0.25, 0.3) is 0 Å². The molecular formula is C21H27NO2S. The summed E-state index contributed by atoms with van der Waals surface area (Å²) in [5.74, 6) is 0.547. The summed E-state index contributed by atoms with van der Waals surface area (Å²) in [6, 6.07) is 15.8. The zero-order valence-electron chi connectivity index (χ0n) is 15.6. The molecule has 4 heteroatoms. The first-order valence-corrected chi connectivity index (χ1v) is 9.80. The van der Waals surface area contributed by atoms with Crippen LogP contribution in [0, 0.1) is 0 Å². The maximum Gasteiger partial charge on any atom is 0.265 e. The topological polar surface area (TPSA) is 38.3 Å². The standard InChI is InChI=1S/C21H27NO2S/c1-6-21(3,4)16-7-11-18(12-8-16)24-15(2)20(23)22-17-9-13-19(25-5)14-10-17/h7-15H,6H2,1-5H3,(H,22,23). The molecule has 0 aliphatic carbocycles. The SMILES string of the molecule is CCC(C)(C)c1ccc(OC(C)C(=O)Nc2ccc(SC)cc2)cc1. The van der Waals surface area contributed by atoms with Gasteiger partial charge in [0.1, 0.15) is 5.75 Å². The van der Waals surface area contributed by atoms with Crippen molar-refractivity contribution in [1.82, 2.24) is 0 Å². The zero-order valence-corrected chi connectivity index (χ0v) is 16.4. The molecule has 2 rings (SSSR count). The van der Waals surface area contributed by atoms with Crippen LogP contribution in [-0.4, -0.2) is 18.3 Å². The van der Waals surface area contributed by atoms with Gasteiger partial charge in [-0.1, -0.05) is 32.9 Å². The first-order valence-electron chi connectivity index (χ1n) is 8.58. The molecule has 1 atom stereocenters. The molecule has 0 spiro atoms. The minimum absolute atomic E-state index is 0.143. The van der Waals surface area contributed by atoms with Crippen LogP contribution in [0.5, 0.6) is 5.75 Å². The van der Waals surface area contributed by atoms with Crippen molar-refractivity contribution in [2.24, 2.45) is 0 Å². The lowest BCUT2D eigenvalue weighted by Crippen LogP contribution is -2.30. The van der Waals surface area contributed by atoms with Crippen LogP contribution in [0.1, 0.15) is 39.7 Å². The Bertz CT molecular complexity index is 693. The number of thioether (sulfide) groups is 1. The average Bonchev–Trinajstić information content (AvgIpc) is 2.62. The van der Waals surface area contributed by atoms with E-state index in [-0.39, 0.29) is 11.3 Å². The first-order chi connectivity index (χ1) is 11.9. The second-order valence-corrected chi connectivity index (χ2v) is 7.62. The molecule has 1 unspecified atom stereocenters. The van der Waals surface area contributed by atoms with E-state index in [1.54, 1.807) is 18.7 Å². The number of benzene rings is 2. The van der Waals surface area contributed by atoms with Gasteiger partial charge in [-0.2, -0.15) is 0 Å². The smallest absolute Gasteiger partial charge is 0.265 e. The van der Waals surface area contributed by atoms with Crippen LogP contribution in [0.2, 0.25) is 0 Å². The summed E-state index contributed by atoms with van der Waals surface area (Å²) in [6.45, 7) is 8.39. The second kappa shape index (κ2) is 8.43. The maximum absolute atomic E-state index is 12.3. The highest BCUT2D eigenvalue weighted by Gasteiger charge is 2.19. The first kappa shape index (κ1) is 19.4. The molecule has 2 aromatic rings. The monoisotopic (exact) mass is 357 g/mol. The molecule has 0 fully saturated rings. The number of hydrogen-bond donors (Lipinski definition) is 1. The number of carbonyl (C=O) groups is 1. The fourth-order valence-corrected chi connectivity index (χ4v) is 2.77. The Balaban J connectivity index is 1.96. The van der Waals surface area contributed by atoms with Gasteiger partial charge >= 0.3 is 0 Å².